The number of fused-ring (bicyclic) bond motifs is 1. The Kier molecular flexibility index (Phi) is 4.81. The molecule has 0 amide bonds. The number of nitrogens with zero attached hydrogens (tertiary/aromatic N) is 3. The summed E-state index contributed by atoms with van der Waals surface area (Å²) in [5.41, 5.74) is 3.38. The van der Waals surface area contributed by atoms with Gasteiger partial charge in [0.25, 0.3) is 0 Å². The van der Waals surface area contributed by atoms with E-state index in [1.165, 1.54) is 5.56 Å². The van der Waals surface area contributed by atoms with E-state index in [2.05, 4.69) is 32.4 Å². The average Bonchev–Trinajstić information content (AvgIpc) is 3.06. The molecule has 2 aromatic carbocycles. The third-order valence-corrected chi connectivity index (χ3v) is 5.46. The molecule has 2 aromatic heterocycles. The van der Waals surface area contributed by atoms with Gasteiger partial charge in [0.05, 0.1) is 5.39 Å². The molecule has 0 fully saturated rings. The monoisotopic (exact) mass is 399 g/mol. The minimum Gasteiger partial charge on any atom is -0.355 e. The van der Waals surface area contributed by atoms with E-state index < -0.39 is 0 Å². The van der Waals surface area contributed by atoms with Crippen molar-refractivity contribution in [2.24, 2.45) is 0 Å². The molecule has 0 unspecified atom stereocenters. The summed E-state index contributed by atoms with van der Waals surface area (Å²) in [6, 6.07) is 18.1. The first kappa shape index (κ1) is 17.3. The molecule has 0 saturated carbocycles. The summed E-state index contributed by atoms with van der Waals surface area (Å²) in [6.07, 6.45) is 0. The fraction of sp³-hybridized carbons (Fsp3) is 0.100. The van der Waals surface area contributed by atoms with Crippen LogP contribution in [0.25, 0.3) is 21.3 Å². The van der Waals surface area contributed by atoms with Gasteiger partial charge in [-0.1, -0.05) is 54.1 Å². The van der Waals surface area contributed by atoms with Gasteiger partial charge in [0.2, 0.25) is 5.28 Å². The Bertz CT molecular complexity index is 1050. The Morgan fingerprint density at radius 3 is 2.42 bits per heavy atom. The predicted molar refractivity (Wildman–Crippen MR) is 111 cm³/mol. The number of halogens is 2. The Morgan fingerprint density at radius 1 is 0.962 bits per heavy atom. The van der Waals surface area contributed by atoms with Crippen molar-refractivity contribution in [3.05, 3.63) is 75.8 Å². The molecule has 6 heteroatoms. The first-order valence-electron chi connectivity index (χ1n) is 8.07. The van der Waals surface area contributed by atoms with Crippen LogP contribution in [0, 0.1) is 0 Å². The quantitative estimate of drug-likeness (QED) is 0.377. The molecule has 4 aromatic rings. The number of rotatable bonds is 4. The van der Waals surface area contributed by atoms with E-state index in [9.17, 15) is 0 Å². The topological polar surface area (TPSA) is 29.0 Å². The Hall–Kier alpha value is -2.14. The van der Waals surface area contributed by atoms with Crippen molar-refractivity contribution in [1.82, 2.24) is 9.97 Å². The van der Waals surface area contributed by atoms with Crippen molar-refractivity contribution in [1.29, 1.82) is 0 Å². The van der Waals surface area contributed by atoms with Crippen LogP contribution < -0.4 is 4.90 Å². The molecule has 0 radical (unpaired) electrons. The van der Waals surface area contributed by atoms with Crippen molar-refractivity contribution in [3.63, 3.8) is 0 Å². The minimum absolute atomic E-state index is 0.261. The highest BCUT2D eigenvalue weighted by molar-refractivity contribution is 7.17. The fourth-order valence-electron chi connectivity index (χ4n) is 2.95. The van der Waals surface area contributed by atoms with Crippen LogP contribution in [0.15, 0.2) is 60.0 Å². The van der Waals surface area contributed by atoms with E-state index in [1.807, 2.05) is 49.5 Å². The van der Waals surface area contributed by atoms with E-state index in [1.54, 1.807) is 11.3 Å². The summed E-state index contributed by atoms with van der Waals surface area (Å²) in [4.78, 5) is 11.9. The third kappa shape index (κ3) is 3.40. The highest BCUT2D eigenvalue weighted by Crippen LogP contribution is 2.39. The van der Waals surface area contributed by atoms with Crippen LogP contribution in [0.5, 0.6) is 0 Å². The molecule has 2 heterocycles. The zero-order chi connectivity index (χ0) is 18.1. The Labute approximate surface area is 165 Å². The van der Waals surface area contributed by atoms with E-state index in [-0.39, 0.29) is 5.28 Å². The maximum Gasteiger partial charge on any atom is 0.225 e. The summed E-state index contributed by atoms with van der Waals surface area (Å²) in [5.74, 6) is 0.829. The van der Waals surface area contributed by atoms with Crippen LogP contribution in [0.4, 0.5) is 5.82 Å². The van der Waals surface area contributed by atoms with Crippen LogP contribution in [0.2, 0.25) is 10.3 Å². The van der Waals surface area contributed by atoms with Crippen LogP contribution in [0.1, 0.15) is 5.56 Å². The van der Waals surface area contributed by atoms with Crippen LogP contribution >= 0.6 is 34.5 Å². The number of thiophene rings is 1. The fourth-order valence-corrected chi connectivity index (χ4v) is 4.23. The molecule has 0 N–H and O–H groups in total. The van der Waals surface area contributed by atoms with Gasteiger partial charge in [-0.3, -0.25) is 0 Å². The molecule has 4 rings (SSSR count). The molecule has 0 atom stereocenters. The SMILES string of the molecule is CN(Cc1ccccc1)c1nc(Cl)nc2scc(-c3ccc(Cl)cc3)c12. The van der Waals surface area contributed by atoms with Gasteiger partial charge in [-0.25, -0.2) is 4.98 Å². The Morgan fingerprint density at radius 2 is 1.69 bits per heavy atom. The number of anilines is 1. The zero-order valence-corrected chi connectivity index (χ0v) is 16.3. The zero-order valence-electron chi connectivity index (χ0n) is 14.0. The first-order chi connectivity index (χ1) is 12.6. The standard InChI is InChI=1S/C20H15Cl2N3S/c1-25(11-13-5-3-2-4-6-13)18-17-16(14-7-9-15(21)10-8-14)12-26-19(17)24-20(22)23-18/h2-10,12H,11H2,1H3. The maximum atomic E-state index is 6.19. The van der Waals surface area contributed by atoms with E-state index >= 15 is 0 Å². The second kappa shape index (κ2) is 7.23. The summed E-state index contributed by atoms with van der Waals surface area (Å²) in [5, 5.41) is 4.09. The predicted octanol–water partition coefficient (Wildman–Crippen LogP) is 6.30. The van der Waals surface area contributed by atoms with Gasteiger partial charge in [0.1, 0.15) is 10.6 Å². The summed E-state index contributed by atoms with van der Waals surface area (Å²) in [7, 11) is 2.02. The first-order valence-corrected chi connectivity index (χ1v) is 9.71. The van der Waals surface area contributed by atoms with Gasteiger partial charge < -0.3 is 4.90 Å². The van der Waals surface area contributed by atoms with Crippen LogP contribution in [-0.2, 0) is 6.54 Å². The van der Waals surface area contributed by atoms with Crippen molar-refractivity contribution < 1.29 is 0 Å². The number of aromatic nitrogens is 2. The number of benzene rings is 2. The van der Waals surface area contributed by atoms with Crippen LogP contribution in [0.3, 0.4) is 0 Å². The van der Waals surface area contributed by atoms with Gasteiger partial charge in [-0.2, -0.15) is 4.98 Å². The summed E-state index contributed by atoms with van der Waals surface area (Å²) < 4.78 is 0. The average molecular weight is 400 g/mol. The van der Waals surface area contributed by atoms with Gasteiger partial charge in [0, 0.05) is 29.6 Å². The van der Waals surface area contributed by atoms with Crippen molar-refractivity contribution in [3.8, 4) is 11.1 Å². The lowest BCUT2D eigenvalue weighted by Gasteiger charge is -2.20. The van der Waals surface area contributed by atoms with Gasteiger partial charge in [-0.15, -0.1) is 11.3 Å². The number of hydrogen-bond acceptors (Lipinski definition) is 4. The molecule has 0 aliphatic heterocycles. The summed E-state index contributed by atoms with van der Waals surface area (Å²) in [6.45, 7) is 0.735. The smallest absolute Gasteiger partial charge is 0.225 e. The van der Waals surface area contributed by atoms with Crippen molar-refractivity contribution >= 4 is 50.6 Å². The molecular formula is C20H15Cl2N3S. The molecule has 3 nitrogen and oxygen atoms in total. The second-order valence-corrected chi connectivity index (χ2v) is 7.63. The molecule has 26 heavy (non-hydrogen) atoms. The lowest BCUT2D eigenvalue weighted by Crippen LogP contribution is -2.18. The molecule has 0 bridgehead atoms. The lowest BCUT2D eigenvalue weighted by atomic mass is 10.1. The van der Waals surface area contributed by atoms with Gasteiger partial charge >= 0.3 is 0 Å². The molecule has 0 saturated heterocycles. The second-order valence-electron chi connectivity index (χ2n) is 5.99. The van der Waals surface area contributed by atoms with Gasteiger partial charge in [-0.05, 0) is 34.9 Å². The third-order valence-electron chi connectivity index (χ3n) is 4.17. The normalized spacial score (nSPS) is 11.0. The highest BCUT2D eigenvalue weighted by Gasteiger charge is 2.18. The Balaban J connectivity index is 1.82. The molecule has 0 aliphatic carbocycles. The maximum absolute atomic E-state index is 6.19. The van der Waals surface area contributed by atoms with E-state index in [0.29, 0.717) is 5.02 Å². The van der Waals surface area contributed by atoms with Crippen molar-refractivity contribution in [2.45, 2.75) is 6.54 Å². The van der Waals surface area contributed by atoms with Gasteiger partial charge in [0.15, 0.2) is 0 Å². The van der Waals surface area contributed by atoms with Crippen molar-refractivity contribution in [2.75, 3.05) is 11.9 Å². The molecule has 0 aliphatic rings. The van der Waals surface area contributed by atoms with E-state index in [4.69, 9.17) is 23.2 Å². The van der Waals surface area contributed by atoms with E-state index in [0.717, 1.165) is 33.7 Å². The molecular weight excluding hydrogens is 385 g/mol. The minimum atomic E-state index is 0.261. The number of hydrogen-bond donors (Lipinski definition) is 0. The lowest BCUT2D eigenvalue weighted by molar-refractivity contribution is 0.901. The van der Waals surface area contributed by atoms with Crippen LogP contribution in [-0.4, -0.2) is 17.0 Å². The molecule has 0 spiro atoms. The molecule has 130 valence electrons. The summed E-state index contributed by atoms with van der Waals surface area (Å²) >= 11 is 13.8. The highest BCUT2D eigenvalue weighted by atomic mass is 35.5. The largest absolute Gasteiger partial charge is 0.355 e.